The predicted molar refractivity (Wildman–Crippen MR) is 224 cm³/mol. The summed E-state index contributed by atoms with van der Waals surface area (Å²) in [5.74, 6) is -0.812. The Hall–Kier alpha value is -6.80. The molecule has 2 aliphatic rings. The summed E-state index contributed by atoms with van der Waals surface area (Å²) in [5.41, 5.74) is 4.05. The highest BCUT2D eigenvalue weighted by Gasteiger charge is 2.50. The molecule has 4 aromatic carbocycles. The first kappa shape index (κ1) is 41.4. The van der Waals surface area contributed by atoms with Crippen molar-refractivity contribution in [1.29, 1.82) is 0 Å². The molecule has 3 heterocycles. The maximum absolute atomic E-state index is 14.6. The molecule has 0 bridgehead atoms. The molecule has 2 unspecified atom stereocenters. The maximum Gasteiger partial charge on any atom is 0.413 e. The van der Waals surface area contributed by atoms with E-state index in [-0.39, 0.29) is 62.7 Å². The average Bonchev–Trinajstić information content (AvgIpc) is 3.24. The third-order valence-electron chi connectivity index (χ3n) is 10.6. The van der Waals surface area contributed by atoms with E-state index in [2.05, 4.69) is 15.6 Å². The zero-order valence-electron chi connectivity index (χ0n) is 33.9. The molecule has 1 aromatic heterocycles. The summed E-state index contributed by atoms with van der Waals surface area (Å²) in [6.45, 7) is 4.42. The smallest absolute Gasteiger partial charge is 0.413 e. The Balaban J connectivity index is 1.09. The number of fused-ring (bicyclic) bond motifs is 2. The van der Waals surface area contributed by atoms with Gasteiger partial charge < -0.3 is 29.9 Å². The van der Waals surface area contributed by atoms with Crippen molar-refractivity contribution in [3.05, 3.63) is 144 Å². The van der Waals surface area contributed by atoms with Crippen LogP contribution in [0.2, 0.25) is 0 Å². The topological polar surface area (TPSA) is 154 Å². The number of para-hydroxylation sites is 1. The van der Waals surface area contributed by atoms with E-state index in [9.17, 15) is 24.0 Å². The largest absolute Gasteiger partial charge is 0.459 e. The second-order valence-electron chi connectivity index (χ2n) is 15.5. The Labute approximate surface area is 349 Å². The number of aromatic nitrogens is 1. The summed E-state index contributed by atoms with van der Waals surface area (Å²) in [4.78, 5) is 76.3. The molecule has 14 nitrogen and oxygen atoms in total. The third-order valence-corrected chi connectivity index (χ3v) is 10.6. The van der Waals surface area contributed by atoms with Crippen LogP contribution in [-0.4, -0.2) is 93.1 Å². The summed E-state index contributed by atoms with van der Waals surface area (Å²) >= 11 is 0. The van der Waals surface area contributed by atoms with Gasteiger partial charge in [0.15, 0.2) is 0 Å². The van der Waals surface area contributed by atoms with Crippen molar-refractivity contribution in [3.8, 4) is 5.75 Å². The highest BCUT2D eigenvalue weighted by molar-refractivity contribution is 5.92. The van der Waals surface area contributed by atoms with Crippen LogP contribution in [0, 0.1) is 5.92 Å². The highest BCUT2D eigenvalue weighted by Crippen LogP contribution is 2.30. The zero-order chi connectivity index (χ0) is 42.2. The predicted octanol–water partition coefficient (Wildman–Crippen LogP) is 5.66. The lowest BCUT2D eigenvalue weighted by Crippen LogP contribution is -2.76. The van der Waals surface area contributed by atoms with Crippen LogP contribution in [0.5, 0.6) is 5.75 Å². The molecule has 310 valence electrons. The van der Waals surface area contributed by atoms with E-state index in [4.69, 9.17) is 9.47 Å². The van der Waals surface area contributed by atoms with Crippen molar-refractivity contribution < 1.29 is 33.4 Å². The molecule has 7 rings (SSSR count). The van der Waals surface area contributed by atoms with E-state index in [0.717, 1.165) is 27.6 Å². The van der Waals surface area contributed by atoms with Crippen LogP contribution in [0.3, 0.4) is 0 Å². The molecule has 0 radical (unpaired) electrons. The molecule has 2 N–H and O–H groups in total. The third kappa shape index (κ3) is 9.89. The number of hydrazine groups is 1. The number of esters is 1. The van der Waals surface area contributed by atoms with Gasteiger partial charge in [-0.15, -0.1) is 0 Å². The van der Waals surface area contributed by atoms with Crippen LogP contribution >= 0.6 is 0 Å². The van der Waals surface area contributed by atoms with E-state index in [1.165, 1.54) is 9.91 Å². The van der Waals surface area contributed by atoms with Crippen LogP contribution in [0.25, 0.3) is 10.9 Å². The minimum Gasteiger partial charge on any atom is -0.459 e. The number of rotatable bonds is 13. The lowest BCUT2D eigenvalue weighted by molar-refractivity contribution is -0.187. The first-order chi connectivity index (χ1) is 29.0. The van der Waals surface area contributed by atoms with Crippen molar-refractivity contribution in [1.82, 2.24) is 35.4 Å². The lowest BCUT2D eigenvalue weighted by Gasteiger charge is -2.54. The Morgan fingerprint density at radius 1 is 0.833 bits per heavy atom. The molecule has 0 saturated carbocycles. The van der Waals surface area contributed by atoms with Crippen LogP contribution in [-0.2, 0) is 45.2 Å². The number of likely N-dealkylation sites (N-methyl/N-ethyl adjacent to an activating group) is 1. The highest BCUT2D eigenvalue weighted by atomic mass is 16.6. The number of urea groups is 1. The number of carbonyl (C=O) groups excluding carboxylic acids is 5. The summed E-state index contributed by atoms with van der Waals surface area (Å²) in [5, 5.41) is 9.70. The summed E-state index contributed by atoms with van der Waals surface area (Å²) < 4.78 is 11.1. The number of hydrogen-bond donors (Lipinski definition) is 2. The number of nitrogens with one attached hydrogen (secondary N) is 2. The number of pyridine rings is 1. The standard InChI is InChI=1S/C46H49N7O7/c1-31(2)24-38(44(56)59-30-34-14-8-5-9-15-34)49-46(58)60-37-21-19-32(20-22-37)25-39-43(55)51(27-36-17-10-16-35-18-11-23-47-42(35)36)28-40-52(39)41(54)29-50(3)53(40)45(57)48-26-33-12-6-4-7-13-33/h4-23,31,38-40H,24-30H2,1-3H3,(H,48,57)(H,49,58)/t38?,39-,40?/m0/s1. The fraction of sp³-hybridized carbons (Fsp3) is 0.304. The number of hydrogen-bond acceptors (Lipinski definition) is 9. The molecular formula is C46H49N7O7. The van der Waals surface area contributed by atoms with E-state index >= 15 is 0 Å². The molecule has 0 aliphatic carbocycles. The Bertz CT molecular complexity index is 2300. The first-order valence-corrected chi connectivity index (χ1v) is 20.1. The van der Waals surface area contributed by atoms with Gasteiger partial charge in [0.1, 0.15) is 30.6 Å². The molecule has 2 aliphatic heterocycles. The van der Waals surface area contributed by atoms with Gasteiger partial charge in [-0.3, -0.25) is 14.6 Å². The van der Waals surface area contributed by atoms with Gasteiger partial charge in [0, 0.05) is 38.1 Å². The van der Waals surface area contributed by atoms with Gasteiger partial charge >= 0.3 is 18.1 Å². The molecule has 60 heavy (non-hydrogen) atoms. The fourth-order valence-corrected chi connectivity index (χ4v) is 7.71. The van der Waals surface area contributed by atoms with E-state index in [0.29, 0.717) is 12.0 Å². The summed E-state index contributed by atoms with van der Waals surface area (Å²) in [7, 11) is 1.69. The van der Waals surface area contributed by atoms with Crippen LogP contribution in [0.1, 0.15) is 42.5 Å². The first-order valence-electron chi connectivity index (χ1n) is 20.1. The van der Waals surface area contributed by atoms with Crippen LogP contribution < -0.4 is 15.4 Å². The van der Waals surface area contributed by atoms with Crippen LogP contribution in [0.4, 0.5) is 9.59 Å². The zero-order valence-corrected chi connectivity index (χ0v) is 33.9. The maximum atomic E-state index is 14.6. The van der Waals surface area contributed by atoms with Gasteiger partial charge in [0.05, 0.1) is 18.6 Å². The minimum absolute atomic E-state index is 0.0763. The van der Waals surface area contributed by atoms with Crippen LogP contribution in [0.15, 0.2) is 121 Å². The molecule has 3 atom stereocenters. The molecule has 5 amide bonds. The number of nitrogens with zero attached hydrogens (tertiary/aromatic N) is 5. The minimum atomic E-state index is -0.953. The molecule has 2 fully saturated rings. The van der Waals surface area contributed by atoms with Gasteiger partial charge in [-0.25, -0.2) is 24.4 Å². The normalized spacial score (nSPS) is 17.3. The van der Waals surface area contributed by atoms with Gasteiger partial charge in [-0.2, -0.15) is 0 Å². The molecule has 5 aromatic rings. The second-order valence-corrected chi connectivity index (χ2v) is 15.5. The SMILES string of the molecule is CC(C)CC(NC(=O)Oc1ccc(C[C@H]2C(=O)N(Cc3cccc4cccnc34)CC3N2C(=O)CN(C)N3C(=O)NCc2ccccc2)cc1)C(=O)OCc1ccccc1. The number of ether oxygens (including phenoxy) is 2. The van der Waals surface area contributed by atoms with Gasteiger partial charge in [-0.05, 0) is 52.8 Å². The number of carbonyl (C=O) groups is 5. The van der Waals surface area contributed by atoms with Crippen molar-refractivity contribution in [2.75, 3.05) is 20.1 Å². The number of piperazine rings is 1. The van der Waals surface area contributed by atoms with E-state index in [1.54, 1.807) is 47.4 Å². The number of amides is 5. The summed E-state index contributed by atoms with van der Waals surface area (Å²) in [6, 6.07) is 32.8. The monoisotopic (exact) mass is 811 g/mol. The Morgan fingerprint density at radius 3 is 2.25 bits per heavy atom. The van der Waals surface area contributed by atoms with E-state index < -0.39 is 36.3 Å². The van der Waals surface area contributed by atoms with E-state index in [1.807, 2.05) is 105 Å². The lowest BCUT2D eigenvalue weighted by atomic mass is 9.98. The van der Waals surface area contributed by atoms with Crippen molar-refractivity contribution >= 4 is 40.8 Å². The molecule has 14 heteroatoms. The van der Waals surface area contributed by atoms with Gasteiger partial charge in [0.25, 0.3) is 0 Å². The number of benzene rings is 4. The Morgan fingerprint density at radius 2 is 1.53 bits per heavy atom. The van der Waals surface area contributed by atoms with Gasteiger partial charge in [0.2, 0.25) is 11.8 Å². The molecule has 0 spiro atoms. The van der Waals surface area contributed by atoms with Crippen molar-refractivity contribution in [2.45, 2.75) is 64.6 Å². The van der Waals surface area contributed by atoms with Gasteiger partial charge in [-0.1, -0.05) is 111 Å². The fourth-order valence-electron chi connectivity index (χ4n) is 7.71. The van der Waals surface area contributed by atoms with Crippen molar-refractivity contribution in [3.63, 3.8) is 0 Å². The quantitative estimate of drug-likeness (QED) is 0.144. The van der Waals surface area contributed by atoms with Crippen molar-refractivity contribution in [2.24, 2.45) is 5.92 Å². The average molecular weight is 812 g/mol. The Kier molecular flexibility index (Phi) is 13.0. The summed E-state index contributed by atoms with van der Waals surface area (Å²) in [6.07, 6.45) is 0.572. The molecule has 2 saturated heterocycles. The second kappa shape index (κ2) is 18.9. The molecular weight excluding hydrogens is 763 g/mol.